The van der Waals surface area contributed by atoms with E-state index >= 15 is 0 Å². The average Bonchev–Trinajstić information content (AvgIpc) is 3.30. The molecule has 0 radical (unpaired) electrons. The lowest BCUT2D eigenvalue weighted by atomic mass is 9.99. The maximum Gasteiger partial charge on any atom is 0.249 e. The number of carbonyl (C=O) groups is 2. The minimum Gasteiger partial charge on any atom is -0.349 e. The zero-order valence-corrected chi connectivity index (χ0v) is 21.2. The van der Waals surface area contributed by atoms with E-state index in [-0.39, 0.29) is 18.4 Å². The molecule has 0 saturated heterocycles. The van der Waals surface area contributed by atoms with Gasteiger partial charge in [-0.15, -0.1) is 5.10 Å². The normalized spacial score (nSPS) is 12.3. The van der Waals surface area contributed by atoms with Gasteiger partial charge in [0.15, 0.2) is 0 Å². The standard InChI is InChI=1S/C28H32N6O2/c1-5-20-13-15-22(16-14-20)34(25(35)19-33-24-12-8-7-11-23(24)31-32-33)26(21-10-9-17-29-18-21)27(36)30-28(3,4)6-2/h7-18,26H,5-6,19H2,1-4H3,(H,30,36)/t26-/m1/s1. The van der Waals surface area contributed by atoms with Gasteiger partial charge in [-0.3, -0.25) is 19.5 Å². The van der Waals surface area contributed by atoms with Crippen LogP contribution in [0.3, 0.4) is 0 Å². The van der Waals surface area contributed by atoms with E-state index in [2.05, 4.69) is 27.5 Å². The van der Waals surface area contributed by atoms with Gasteiger partial charge in [0.1, 0.15) is 18.1 Å². The molecular formula is C28H32N6O2. The van der Waals surface area contributed by atoms with E-state index in [1.165, 1.54) is 0 Å². The fourth-order valence-corrected chi connectivity index (χ4v) is 4.01. The molecule has 8 nitrogen and oxygen atoms in total. The molecule has 186 valence electrons. The Morgan fingerprint density at radius 3 is 2.44 bits per heavy atom. The summed E-state index contributed by atoms with van der Waals surface area (Å²) in [5, 5.41) is 11.5. The van der Waals surface area contributed by atoms with Crippen LogP contribution in [0.4, 0.5) is 5.69 Å². The molecule has 8 heteroatoms. The molecule has 0 aliphatic rings. The second-order valence-corrected chi connectivity index (χ2v) is 9.44. The maximum atomic E-state index is 14.0. The molecule has 2 heterocycles. The van der Waals surface area contributed by atoms with Crippen LogP contribution >= 0.6 is 0 Å². The van der Waals surface area contributed by atoms with E-state index in [1.54, 1.807) is 28.0 Å². The Morgan fingerprint density at radius 1 is 1.03 bits per heavy atom. The van der Waals surface area contributed by atoms with Gasteiger partial charge in [-0.05, 0) is 62.6 Å². The van der Waals surface area contributed by atoms with Crippen molar-refractivity contribution < 1.29 is 9.59 Å². The van der Waals surface area contributed by atoms with Crippen LogP contribution in [0.5, 0.6) is 0 Å². The van der Waals surface area contributed by atoms with Gasteiger partial charge in [-0.2, -0.15) is 0 Å². The van der Waals surface area contributed by atoms with Gasteiger partial charge in [-0.25, -0.2) is 4.68 Å². The van der Waals surface area contributed by atoms with Crippen LogP contribution in [0.1, 0.15) is 51.3 Å². The Bertz CT molecular complexity index is 1330. The number of hydrogen-bond acceptors (Lipinski definition) is 5. The largest absolute Gasteiger partial charge is 0.349 e. The van der Waals surface area contributed by atoms with Crippen LogP contribution < -0.4 is 10.2 Å². The molecule has 36 heavy (non-hydrogen) atoms. The van der Waals surface area contributed by atoms with Crippen LogP contribution in [-0.4, -0.2) is 37.3 Å². The highest BCUT2D eigenvalue weighted by Gasteiger charge is 2.35. The molecule has 2 amide bonds. The Morgan fingerprint density at radius 2 is 1.78 bits per heavy atom. The van der Waals surface area contributed by atoms with Gasteiger partial charge < -0.3 is 5.32 Å². The second-order valence-electron chi connectivity index (χ2n) is 9.44. The van der Waals surface area contributed by atoms with Crippen molar-refractivity contribution in [3.05, 3.63) is 84.2 Å². The Kier molecular flexibility index (Phi) is 7.43. The molecule has 0 saturated carbocycles. The number of carbonyl (C=O) groups excluding carboxylic acids is 2. The number of aryl methyl sites for hydroxylation is 1. The van der Waals surface area contributed by atoms with Crippen molar-refractivity contribution in [2.24, 2.45) is 0 Å². The summed E-state index contributed by atoms with van der Waals surface area (Å²) in [4.78, 5) is 33.6. The van der Waals surface area contributed by atoms with Crippen LogP contribution in [0.15, 0.2) is 73.1 Å². The summed E-state index contributed by atoms with van der Waals surface area (Å²) in [7, 11) is 0. The molecule has 0 fully saturated rings. The van der Waals surface area contributed by atoms with E-state index < -0.39 is 11.6 Å². The first kappa shape index (κ1) is 25.0. The number of pyridine rings is 1. The topological polar surface area (TPSA) is 93.0 Å². The fraction of sp³-hybridized carbons (Fsp3) is 0.321. The van der Waals surface area contributed by atoms with Gasteiger partial charge in [0.05, 0.1) is 5.52 Å². The first-order valence-electron chi connectivity index (χ1n) is 12.2. The second kappa shape index (κ2) is 10.7. The SMILES string of the molecule is CCc1ccc(N(C(=O)Cn2nnc3ccccc32)[C@@H](C(=O)NC(C)(C)CC)c2cccnc2)cc1. The maximum absolute atomic E-state index is 14.0. The van der Waals surface area contributed by atoms with Gasteiger partial charge in [0.2, 0.25) is 11.8 Å². The fourth-order valence-electron chi connectivity index (χ4n) is 4.01. The average molecular weight is 485 g/mol. The van der Waals surface area contributed by atoms with Gasteiger partial charge in [-0.1, -0.05) is 49.4 Å². The third-order valence-corrected chi connectivity index (χ3v) is 6.45. The van der Waals surface area contributed by atoms with E-state index in [0.29, 0.717) is 16.8 Å². The van der Waals surface area contributed by atoms with Gasteiger partial charge >= 0.3 is 0 Å². The first-order valence-corrected chi connectivity index (χ1v) is 12.2. The van der Waals surface area contributed by atoms with E-state index in [1.807, 2.05) is 75.4 Å². The Balaban J connectivity index is 1.80. The summed E-state index contributed by atoms with van der Waals surface area (Å²) in [5.74, 6) is -0.556. The number of nitrogens with zero attached hydrogens (tertiary/aromatic N) is 5. The lowest BCUT2D eigenvalue weighted by Gasteiger charge is -2.34. The zero-order valence-electron chi connectivity index (χ0n) is 21.2. The van der Waals surface area contributed by atoms with Crippen LogP contribution in [0.25, 0.3) is 11.0 Å². The number of para-hydroxylation sites is 1. The Hall–Kier alpha value is -4.07. The third kappa shape index (κ3) is 5.43. The number of anilines is 1. The highest BCUT2D eigenvalue weighted by molar-refractivity contribution is 6.01. The summed E-state index contributed by atoms with van der Waals surface area (Å²) in [6.45, 7) is 7.95. The number of rotatable bonds is 9. The zero-order chi connectivity index (χ0) is 25.7. The summed E-state index contributed by atoms with van der Waals surface area (Å²) in [5.41, 5.74) is 3.40. The molecule has 1 N–H and O–H groups in total. The molecule has 2 aromatic carbocycles. The molecule has 0 spiro atoms. The molecule has 0 unspecified atom stereocenters. The highest BCUT2D eigenvalue weighted by atomic mass is 16.2. The smallest absolute Gasteiger partial charge is 0.249 e. The predicted octanol–water partition coefficient (Wildman–Crippen LogP) is 4.47. The number of hydrogen-bond donors (Lipinski definition) is 1. The predicted molar refractivity (Wildman–Crippen MR) is 140 cm³/mol. The molecule has 1 atom stereocenters. The van der Waals surface area contributed by atoms with Gasteiger partial charge in [0.25, 0.3) is 0 Å². The number of benzene rings is 2. The van der Waals surface area contributed by atoms with E-state index in [9.17, 15) is 9.59 Å². The molecule has 0 aliphatic heterocycles. The third-order valence-electron chi connectivity index (χ3n) is 6.45. The highest BCUT2D eigenvalue weighted by Crippen LogP contribution is 2.29. The van der Waals surface area contributed by atoms with Crippen LogP contribution in [-0.2, 0) is 22.6 Å². The molecule has 0 bridgehead atoms. The minimum absolute atomic E-state index is 0.0722. The lowest BCUT2D eigenvalue weighted by Crippen LogP contribution is -2.51. The summed E-state index contributed by atoms with van der Waals surface area (Å²) < 4.78 is 1.57. The number of fused-ring (bicyclic) bond motifs is 1. The van der Waals surface area contributed by atoms with Crippen molar-refractivity contribution in [1.29, 1.82) is 0 Å². The van der Waals surface area contributed by atoms with Gasteiger partial charge in [0, 0.05) is 29.2 Å². The molecular weight excluding hydrogens is 452 g/mol. The van der Waals surface area contributed by atoms with Crippen molar-refractivity contribution in [3.63, 3.8) is 0 Å². The monoisotopic (exact) mass is 484 g/mol. The summed E-state index contributed by atoms with van der Waals surface area (Å²) in [6.07, 6.45) is 4.89. The van der Waals surface area contributed by atoms with Crippen molar-refractivity contribution in [1.82, 2.24) is 25.3 Å². The first-order chi connectivity index (χ1) is 17.3. The summed E-state index contributed by atoms with van der Waals surface area (Å²) >= 11 is 0. The van der Waals surface area contributed by atoms with E-state index in [4.69, 9.17) is 0 Å². The van der Waals surface area contributed by atoms with Crippen LogP contribution in [0, 0.1) is 0 Å². The Labute approximate surface area is 211 Å². The molecule has 4 aromatic rings. The minimum atomic E-state index is -0.917. The number of aromatic nitrogens is 4. The number of nitrogens with one attached hydrogen (secondary N) is 1. The molecule has 4 rings (SSSR count). The number of amides is 2. The molecule has 2 aromatic heterocycles. The van der Waals surface area contributed by atoms with Crippen molar-refractivity contribution in [2.75, 3.05) is 4.90 Å². The lowest BCUT2D eigenvalue weighted by molar-refractivity contribution is -0.128. The van der Waals surface area contributed by atoms with Crippen LogP contribution in [0.2, 0.25) is 0 Å². The van der Waals surface area contributed by atoms with E-state index in [0.717, 1.165) is 23.9 Å². The summed E-state index contributed by atoms with van der Waals surface area (Å²) in [6, 6.07) is 17.9. The molecule has 0 aliphatic carbocycles. The quantitative estimate of drug-likeness (QED) is 0.378. The van der Waals surface area contributed by atoms with Crippen molar-refractivity contribution in [2.45, 2.75) is 58.7 Å². The van der Waals surface area contributed by atoms with Crippen molar-refractivity contribution >= 4 is 28.5 Å². The van der Waals surface area contributed by atoms with Crippen molar-refractivity contribution in [3.8, 4) is 0 Å².